The van der Waals surface area contributed by atoms with Crippen LogP contribution in [0.3, 0.4) is 0 Å². The van der Waals surface area contributed by atoms with Crippen molar-refractivity contribution in [3.63, 3.8) is 0 Å². The first-order chi connectivity index (χ1) is 4.57. The first-order valence-corrected chi connectivity index (χ1v) is 3.70. The van der Waals surface area contributed by atoms with Gasteiger partial charge in [0.15, 0.2) is 0 Å². The maximum atomic E-state index is 8.35. The molecular formula is C8H12ClN. The molecule has 0 saturated heterocycles. The second-order valence-corrected chi connectivity index (χ2v) is 3.11. The fourth-order valence-corrected chi connectivity index (χ4v) is 0.832. The van der Waals surface area contributed by atoms with E-state index in [1.807, 2.05) is 19.9 Å². The highest BCUT2D eigenvalue weighted by molar-refractivity contribution is 6.22. The Morgan fingerprint density at radius 3 is 2.60 bits per heavy atom. The van der Waals surface area contributed by atoms with E-state index in [1.165, 1.54) is 0 Å². The van der Waals surface area contributed by atoms with Crippen molar-refractivity contribution < 1.29 is 0 Å². The van der Waals surface area contributed by atoms with Crippen LogP contribution in [0.2, 0.25) is 0 Å². The van der Waals surface area contributed by atoms with Gasteiger partial charge in [0, 0.05) is 0 Å². The van der Waals surface area contributed by atoms with Crippen LogP contribution >= 0.6 is 11.6 Å². The summed E-state index contributed by atoms with van der Waals surface area (Å²) in [6, 6.07) is 1.98. The number of nitriles is 1. The minimum atomic E-state index is -0.369. The van der Waals surface area contributed by atoms with Crippen LogP contribution in [0.15, 0.2) is 12.2 Å². The van der Waals surface area contributed by atoms with E-state index in [0.717, 1.165) is 5.57 Å². The van der Waals surface area contributed by atoms with Gasteiger partial charge in [0.05, 0.1) is 6.07 Å². The highest BCUT2D eigenvalue weighted by Gasteiger charge is 2.08. The van der Waals surface area contributed by atoms with Gasteiger partial charge >= 0.3 is 0 Å². The predicted molar refractivity (Wildman–Crippen MR) is 43.8 cm³/mol. The second-order valence-electron chi connectivity index (χ2n) is 2.58. The van der Waals surface area contributed by atoms with Crippen LogP contribution in [0, 0.1) is 17.2 Å². The van der Waals surface area contributed by atoms with Gasteiger partial charge in [-0.1, -0.05) is 19.1 Å². The minimum Gasteiger partial charge on any atom is -0.197 e. The van der Waals surface area contributed by atoms with Gasteiger partial charge in [0.25, 0.3) is 0 Å². The lowest BCUT2D eigenvalue weighted by molar-refractivity contribution is 0.631. The second kappa shape index (κ2) is 4.35. The van der Waals surface area contributed by atoms with Gasteiger partial charge < -0.3 is 0 Å². The van der Waals surface area contributed by atoms with E-state index >= 15 is 0 Å². The molecule has 1 nitrogen and oxygen atoms in total. The SMILES string of the molecule is C=C(C)[C@@H](C)C[C@@H](Cl)C#N. The molecule has 0 aliphatic carbocycles. The first-order valence-electron chi connectivity index (χ1n) is 3.27. The van der Waals surface area contributed by atoms with Crippen LogP contribution in [-0.4, -0.2) is 5.38 Å². The Hall–Kier alpha value is -0.480. The molecule has 0 radical (unpaired) electrons. The highest BCUT2D eigenvalue weighted by Crippen LogP contribution is 2.16. The largest absolute Gasteiger partial charge is 0.197 e. The van der Waals surface area contributed by atoms with Gasteiger partial charge in [0.2, 0.25) is 0 Å². The number of hydrogen-bond acceptors (Lipinski definition) is 1. The van der Waals surface area contributed by atoms with E-state index in [1.54, 1.807) is 0 Å². The molecule has 0 aromatic carbocycles. The van der Waals surface area contributed by atoms with Crippen molar-refractivity contribution in [2.45, 2.75) is 25.6 Å². The molecule has 56 valence electrons. The van der Waals surface area contributed by atoms with Gasteiger partial charge in [-0.25, -0.2) is 0 Å². The Bertz CT molecular complexity index is 157. The molecule has 0 aromatic heterocycles. The fourth-order valence-electron chi connectivity index (χ4n) is 0.564. The highest BCUT2D eigenvalue weighted by atomic mass is 35.5. The monoisotopic (exact) mass is 157 g/mol. The summed E-state index contributed by atoms with van der Waals surface area (Å²) in [4.78, 5) is 0. The van der Waals surface area contributed by atoms with Gasteiger partial charge in [-0.05, 0) is 19.3 Å². The van der Waals surface area contributed by atoms with E-state index < -0.39 is 0 Å². The van der Waals surface area contributed by atoms with E-state index in [9.17, 15) is 0 Å². The van der Waals surface area contributed by atoms with Crippen molar-refractivity contribution in [2.24, 2.45) is 5.92 Å². The lowest BCUT2D eigenvalue weighted by atomic mass is 9.99. The van der Waals surface area contributed by atoms with Crippen LogP contribution in [0.1, 0.15) is 20.3 Å². The zero-order valence-corrected chi connectivity index (χ0v) is 7.15. The van der Waals surface area contributed by atoms with Crippen molar-refractivity contribution >= 4 is 11.6 Å². The van der Waals surface area contributed by atoms with Gasteiger partial charge in [-0.15, -0.1) is 11.6 Å². The Morgan fingerprint density at radius 2 is 2.30 bits per heavy atom. The maximum Gasteiger partial charge on any atom is 0.121 e. The third kappa shape index (κ3) is 3.53. The van der Waals surface area contributed by atoms with Crippen LogP contribution < -0.4 is 0 Å². The Balaban J connectivity index is 3.70. The average Bonchev–Trinajstić information content (AvgIpc) is 1.87. The normalized spacial score (nSPS) is 15.4. The van der Waals surface area contributed by atoms with E-state index in [2.05, 4.69) is 6.58 Å². The average molecular weight is 158 g/mol. The van der Waals surface area contributed by atoms with Crippen molar-refractivity contribution in [3.8, 4) is 6.07 Å². The van der Waals surface area contributed by atoms with Crippen LogP contribution in [0.5, 0.6) is 0 Å². The summed E-state index contributed by atoms with van der Waals surface area (Å²) < 4.78 is 0. The summed E-state index contributed by atoms with van der Waals surface area (Å²) in [5.41, 5.74) is 1.08. The molecule has 0 bridgehead atoms. The molecule has 0 fully saturated rings. The molecule has 2 atom stereocenters. The predicted octanol–water partition coefficient (Wildman–Crippen LogP) is 2.72. The fraction of sp³-hybridized carbons (Fsp3) is 0.625. The van der Waals surface area contributed by atoms with Crippen LogP contribution in [0.25, 0.3) is 0 Å². The molecule has 0 heterocycles. The third-order valence-corrected chi connectivity index (χ3v) is 1.82. The first kappa shape index (κ1) is 9.52. The van der Waals surface area contributed by atoms with Gasteiger partial charge in [0.1, 0.15) is 5.38 Å². The van der Waals surface area contributed by atoms with E-state index in [4.69, 9.17) is 16.9 Å². The summed E-state index contributed by atoms with van der Waals surface area (Å²) in [6.07, 6.45) is 0.702. The lowest BCUT2D eigenvalue weighted by Crippen LogP contribution is -2.03. The molecule has 0 saturated carbocycles. The summed E-state index contributed by atoms with van der Waals surface area (Å²) in [5, 5.41) is 7.99. The zero-order valence-electron chi connectivity index (χ0n) is 6.39. The summed E-state index contributed by atoms with van der Waals surface area (Å²) >= 11 is 5.60. The number of rotatable bonds is 3. The molecule has 10 heavy (non-hydrogen) atoms. The maximum absolute atomic E-state index is 8.35. The molecule has 0 aliphatic heterocycles. The van der Waals surface area contributed by atoms with Crippen molar-refractivity contribution in [1.29, 1.82) is 5.26 Å². The lowest BCUT2D eigenvalue weighted by Gasteiger charge is -2.09. The summed E-state index contributed by atoms with van der Waals surface area (Å²) in [7, 11) is 0. The molecule has 0 unspecified atom stereocenters. The number of alkyl halides is 1. The quantitative estimate of drug-likeness (QED) is 0.457. The standard InChI is InChI=1S/C8H12ClN/c1-6(2)7(3)4-8(9)5-10/h7-8H,1,4H2,2-3H3/t7-,8+/m0/s1. The Morgan fingerprint density at radius 1 is 1.80 bits per heavy atom. The minimum absolute atomic E-state index is 0.349. The van der Waals surface area contributed by atoms with Crippen molar-refractivity contribution in [3.05, 3.63) is 12.2 Å². The topological polar surface area (TPSA) is 23.8 Å². The van der Waals surface area contributed by atoms with Gasteiger partial charge in [-0.3, -0.25) is 0 Å². The molecular weight excluding hydrogens is 146 g/mol. The molecule has 0 N–H and O–H groups in total. The Kier molecular flexibility index (Phi) is 4.14. The summed E-state index contributed by atoms with van der Waals surface area (Å²) in [5.74, 6) is 0.349. The van der Waals surface area contributed by atoms with Gasteiger partial charge in [-0.2, -0.15) is 5.26 Å². The molecule has 0 aromatic rings. The summed E-state index contributed by atoms with van der Waals surface area (Å²) in [6.45, 7) is 7.75. The third-order valence-electron chi connectivity index (χ3n) is 1.54. The number of nitrogens with zero attached hydrogens (tertiary/aromatic N) is 1. The molecule has 2 heteroatoms. The molecule has 0 aliphatic rings. The van der Waals surface area contributed by atoms with Crippen LogP contribution in [-0.2, 0) is 0 Å². The van der Waals surface area contributed by atoms with E-state index in [-0.39, 0.29) is 5.38 Å². The number of hydrogen-bond donors (Lipinski definition) is 0. The smallest absolute Gasteiger partial charge is 0.121 e. The molecule has 0 rings (SSSR count). The Labute approximate surface area is 67.3 Å². The molecule has 0 spiro atoms. The van der Waals surface area contributed by atoms with E-state index in [0.29, 0.717) is 12.3 Å². The van der Waals surface area contributed by atoms with Crippen molar-refractivity contribution in [1.82, 2.24) is 0 Å². The number of halogens is 1. The molecule has 0 amide bonds. The van der Waals surface area contributed by atoms with Crippen molar-refractivity contribution in [2.75, 3.05) is 0 Å². The zero-order chi connectivity index (χ0) is 8.15. The number of allylic oxidation sites excluding steroid dienone is 1. The van der Waals surface area contributed by atoms with Crippen LogP contribution in [0.4, 0.5) is 0 Å².